The van der Waals surface area contributed by atoms with E-state index in [0.717, 1.165) is 24.0 Å². The number of fused-ring (bicyclic) bond motifs is 1. The second kappa shape index (κ2) is 9.65. The SMILES string of the molecule is Cc1ccnc(N2C(=O)C3=C(C(=O)C4CC(Cl)CCC4O3)C2c2cccc(OCCC(C)C)c2)c1. The Hall–Kier alpha value is -2.86. The van der Waals surface area contributed by atoms with Crippen LogP contribution < -0.4 is 9.64 Å². The number of anilines is 1. The Morgan fingerprint density at radius 1 is 1.20 bits per heavy atom. The van der Waals surface area contributed by atoms with Gasteiger partial charge in [-0.2, -0.15) is 0 Å². The van der Waals surface area contributed by atoms with Gasteiger partial charge in [0.15, 0.2) is 11.5 Å². The van der Waals surface area contributed by atoms with Gasteiger partial charge in [0.1, 0.15) is 17.7 Å². The van der Waals surface area contributed by atoms with Crippen LogP contribution in [0.5, 0.6) is 5.75 Å². The Kier molecular flexibility index (Phi) is 6.58. The van der Waals surface area contributed by atoms with Crippen molar-refractivity contribution in [2.75, 3.05) is 11.5 Å². The van der Waals surface area contributed by atoms with Crippen molar-refractivity contribution in [3.8, 4) is 5.75 Å². The second-order valence-corrected chi connectivity index (χ2v) is 10.8. The highest BCUT2D eigenvalue weighted by Gasteiger charge is 2.53. The van der Waals surface area contributed by atoms with E-state index in [2.05, 4.69) is 18.8 Å². The van der Waals surface area contributed by atoms with E-state index in [1.165, 1.54) is 0 Å². The Morgan fingerprint density at radius 3 is 2.80 bits per heavy atom. The smallest absolute Gasteiger partial charge is 0.295 e. The minimum atomic E-state index is -0.635. The second-order valence-electron chi connectivity index (χ2n) is 10.2. The lowest BCUT2D eigenvalue weighted by Crippen LogP contribution is -2.41. The van der Waals surface area contributed by atoms with E-state index in [0.29, 0.717) is 42.5 Å². The van der Waals surface area contributed by atoms with Crippen molar-refractivity contribution in [3.63, 3.8) is 0 Å². The highest BCUT2D eigenvalue weighted by atomic mass is 35.5. The largest absolute Gasteiger partial charge is 0.494 e. The van der Waals surface area contributed by atoms with Crippen molar-refractivity contribution < 1.29 is 19.1 Å². The van der Waals surface area contributed by atoms with E-state index in [-0.39, 0.29) is 34.8 Å². The molecule has 0 saturated heterocycles. The van der Waals surface area contributed by atoms with E-state index >= 15 is 0 Å². The molecule has 1 amide bonds. The number of carbonyl (C=O) groups is 2. The van der Waals surface area contributed by atoms with Gasteiger partial charge in [-0.25, -0.2) is 4.98 Å². The average molecular weight is 495 g/mol. The van der Waals surface area contributed by atoms with Crippen LogP contribution in [0, 0.1) is 18.8 Å². The van der Waals surface area contributed by atoms with Crippen LogP contribution in [0.4, 0.5) is 5.82 Å². The summed E-state index contributed by atoms with van der Waals surface area (Å²) in [6.45, 7) is 6.87. The van der Waals surface area contributed by atoms with Crippen LogP contribution in [0.2, 0.25) is 0 Å². The van der Waals surface area contributed by atoms with Crippen molar-refractivity contribution >= 4 is 29.1 Å². The van der Waals surface area contributed by atoms with Crippen LogP contribution in [0.15, 0.2) is 53.9 Å². The molecule has 0 N–H and O–H groups in total. The van der Waals surface area contributed by atoms with Gasteiger partial charge in [0.25, 0.3) is 5.91 Å². The molecule has 35 heavy (non-hydrogen) atoms. The molecule has 1 saturated carbocycles. The first-order chi connectivity index (χ1) is 16.8. The first kappa shape index (κ1) is 23.9. The summed E-state index contributed by atoms with van der Waals surface area (Å²) in [6.07, 6.45) is 4.31. The molecule has 2 aromatic rings. The number of Topliss-reactive ketones (excluding diaryl/α,β-unsaturated/α-hetero) is 1. The van der Waals surface area contributed by atoms with Crippen LogP contribution in [0.3, 0.4) is 0 Å². The van der Waals surface area contributed by atoms with Gasteiger partial charge in [-0.15, -0.1) is 11.6 Å². The summed E-state index contributed by atoms with van der Waals surface area (Å²) in [5, 5.41) is -0.0614. The Labute approximate surface area is 211 Å². The number of nitrogens with zero attached hydrogens (tertiary/aromatic N) is 2. The number of amides is 1. The Bertz CT molecular complexity index is 1180. The average Bonchev–Trinajstić information content (AvgIpc) is 3.12. The molecule has 184 valence electrons. The zero-order chi connectivity index (χ0) is 24.7. The van der Waals surface area contributed by atoms with Gasteiger partial charge in [-0.3, -0.25) is 14.5 Å². The third-order valence-corrected chi connectivity index (χ3v) is 7.47. The number of hydrogen-bond donors (Lipinski definition) is 0. The summed E-state index contributed by atoms with van der Waals surface area (Å²) in [4.78, 5) is 33.7. The molecule has 3 heterocycles. The summed E-state index contributed by atoms with van der Waals surface area (Å²) in [6, 6.07) is 10.8. The maximum Gasteiger partial charge on any atom is 0.295 e. The summed E-state index contributed by atoms with van der Waals surface area (Å²) in [5.74, 6) is 1.19. The number of ether oxygens (including phenoxy) is 2. The molecular formula is C28H31ClN2O4. The molecule has 6 nitrogen and oxygen atoms in total. The van der Waals surface area contributed by atoms with Crippen molar-refractivity contribution in [1.29, 1.82) is 0 Å². The molecule has 0 radical (unpaired) electrons. The first-order valence-electron chi connectivity index (χ1n) is 12.4. The van der Waals surface area contributed by atoms with Gasteiger partial charge in [0.05, 0.1) is 24.1 Å². The van der Waals surface area contributed by atoms with E-state index in [1.54, 1.807) is 11.1 Å². The van der Waals surface area contributed by atoms with E-state index < -0.39 is 6.04 Å². The highest BCUT2D eigenvalue weighted by molar-refractivity contribution is 6.21. The lowest BCUT2D eigenvalue weighted by atomic mass is 9.77. The van der Waals surface area contributed by atoms with Crippen LogP contribution in [-0.4, -0.2) is 34.8 Å². The monoisotopic (exact) mass is 494 g/mol. The van der Waals surface area contributed by atoms with Crippen LogP contribution in [0.25, 0.3) is 0 Å². The van der Waals surface area contributed by atoms with Gasteiger partial charge >= 0.3 is 0 Å². The predicted octanol–water partition coefficient (Wildman–Crippen LogP) is 5.53. The lowest BCUT2D eigenvalue weighted by Gasteiger charge is -2.37. The van der Waals surface area contributed by atoms with Gasteiger partial charge in [0, 0.05) is 11.6 Å². The number of ketones is 1. The lowest BCUT2D eigenvalue weighted by molar-refractivity contribution is -0.131. The number of carbonyl (C=O) groups excluding carboxylic acids is 2. The van der Waals surface area contributed by atoms with E-state index in [9.17, 15) is 9.59 Å². The third-order valence-electron chi connectivity index (χ3n) is 7.07. The zero-order valence-corrected chi connectivity index (χ0v) is 21.1. The number of aromatic nitrogens is 1. The minimum Gasteiger partial charge on any atom is -0.494 e. The third kappa shape index (κ3) is 4.56. The summed E-state index contributed by atoms with van der Waals surface area (Å²) in [7, 11) is 0. The van der Waals surface area contributed by atoms with E-state index in [4.69, 9.17) is 21.1 Å². The molecule has 4 unspecified atom stereocenters. The summed E-state index contributed by atoms with van der Waals surface area (Å²) >= 11 is 6.43. The number of rotatable bonds is 6. The zero-order valence-electron chi connectivity index (χ0n) is 20.4. The number of pyridine rings is 1. The van der Waals surface area contributed by atoms with Crippen LogP contribution in [0.1, 0.15) is 56.7 Å². The molecule has 1 aliphatic carbocycles. The highest BCUT2D eigenvalue weighted by Crippen LogP contribution is 2.48. The maximum atomic E-state index is 13.9. The predicted molar refractivity (Wildman–Crippen MR) is 134 cm³/mol. The Balaban J connectivity index is 1.57. The summed E-state index contributed by atoms with van der Waals surface area (Å²) < 4.78 is 12.2. The van der Waals surface area contributed by atoms with Crippen molar-refractivity contribution in [1.82, 2.24) is 4.98 Å². The standard InChI is InChI=1S/C28H31ClN2O4/c1-16(2)10-12-34-20-6-4-5-18(14-20)25-24-26(32)21-15-19(29)7-8-22(21)35-27(24)28(33)31(25)23-13-17(3)9-11-30-23/h4-6,9,11,13-14,16,19,21-22,25H,7-8,10,12,15H2,1-3H3. The fraction of sp³-hybridized carbons (Fsp3) is 0.464. The maximum absolute atomic E-state index is 13.9. The van der Waals surface area contributed by atoms with Crippen molar-refractivity contribution in [3.05, 3.63) is 65.1 Å². The number of benzene rings is 1. The van der Waals surface area contributed by atoms with Crippen LogP contribution >= 0.6 is 11.6 Å². The quantitative estimate of drug-likeness (QED) is 0.494. The molecule has 5 rings (SSSR count). The fourth-order valence-electron chi connectivity index (χ4n) is 5.21. The molecular weight excluding hydrogens is 464 g/mol. The molecule has 3 aliphatic rings. The molecule has 7 heteroatoms. The Morgan fingerprint density at radius 2 is 2.03 bits per heavy atom. The molecule has 1 aromatic carbocycles. The normalized spacial score (nSPS) is 26.0. The number of alkyl halides is 1. The minimum absolute atomic E-state index is 0.0405. The van der Waals surface area contributed by atoms with Gasteiger partial charge in [-0.05, 0) is 73.9 Å². The summed E-state index contributed by atoms with van der Waals surface area (Å²) in [5.41, 5.74) is 2.18. The number of aryl methyl sites for hydroxylation is 1. The molecule has 4 atom stereocenters. The fourth-order valence-corrected chi connectivity index (χ4v) is 5.52. The van der Waals surface area contributed by atoms with Gasteiger partial charge in [0.2, 0.25) is 0 Å². The van der Waals surface area contributed by atoms with Gasteiger partial charge in [-0.1, -0.05) is 26.0 Å². The molecule has 2 aliphatic heterocycles. The molecule has 0 spiro atoms. The molecule has 0 bridgehead atoms. The molecule has 1 fully saturated rings. The van der Waals surface area contributed by atoms with E-state index in [1.807, 2.05) is 43.3 Å². The topological polar surface area (TPSA) is 68.7 Å². The first-order valence-corrected chi connectivity index (χ1v) is 12.8. The van der Waals surface area contributed by atoms with Crippen molar-refractivity contribution in [2.45, 2.75) is 64.0 Å². The van der Waals surface area contributed by atoms with Crippen LogP contribution in [-0.2, 0) is 14.3 Å². The number of hydrogen-bond acceptors (Lipinski definition) is 5. The van der Waals surface area contributed by atoms with Gasteiger partial charge < -0.3 is 9.47 Å². The number of halogens is 1. The molecule has 1 aromatic heterocycles. The van der Waals surface area contributed by atoms with Crippen molar-refractivity contribution in [2.24, 2.45) is 11.8 Å².